The molecule has 80 heavy (non-hydrogen) atoms. The minimum atomic E-state index is -4.94. The number of rotatable bonds is 58. The molecule has 474 valence electrons. The third kappa shape index (κ3) is 54.0. The first-order chi connectivity index (χ1) is 38.1. The summed E-state index contributed by atoms with van der Waals surface area (Å²) in [6.07, 6.45) is 29.7. The smallest absolute Gasteiger partial charge is 0.462 e. The van der Waals surface area contributed by atoms with Crippen molar-refractivity contribution in [3.8, 4) is 0 Å². The molecule has 17 nitrogen and oxygen atoms in total. The van der Waals surface area contributed by atoms with Gasteiger partial charge in [0.1, 0.15) is 19.3 Å². The summed E-state index contributed by atoms with van der Waals surface area (Å²) in [4.78, 5) is 72.0. The second-order valence-corrected chi connectivity index (χ2v) is 26.7. The van der Waals surface area contributed by atoms with Gasteiger partial charge >= 0.3 is 39.5 Å². The van der Waals surface area contributed by atoms with Crippen molar-refractivity contribution in [2.45, 2.75) is 305 Å². The number of carbonyl (C=O) groups is 4. The van der Waals surface area contributed by atoms with E-state index in [2.05, 4.69) is 55.4 Å². The highest BCUT2D eigenvalue weighted by molar-refractivity contribution is 7.47. The van der Waals surface area contributed by atoms with Crippen LogP contribution in [0.4, 0.5) is 0 Å². The summed E-state index contributed by atoms with van der Waals surface area (Å²) in [6.45, 7) is 13.8. The summed E-state index contributed by atoms with van der Waals surface area (Å²) >= 11 is 0. The van der Waals surface area contributed by atoms with E-state index in [1.54, 1.807) is 0 Å². The summed E-state index contributed by atoms with van der Waals surface area (Å²) in [6, 6.07) is 0. The summed E-state index contributed by atoms with van der Waals surface area (Å²) < 4.78 is 67.8. The van der Waals surface area contributed by atoms with Crippen molar-refractivity contribution < 1.29 is 80.2 Å². The molecule has 0 saturated heterocycles. The van der Waals surface area contributed by atoms with Crippen LogP contribution in [0.25, 0.3) is 0 Å². The maximum Gasteiger partial charge on any atom is 0.472 e. The van der Waals surface area contributed by atoms with Gasteiger partial charge in [-0.1, -0.05) is 235 Å². The van der Waals surface area contributed by atoms with E-state index in [-0.39, 0.29) is 25.7 Å². The molecule has 3 N–H and O–H groups in total. The Hall–Kier alpha value is -1.94. The Morgan fingerprint density at radius 3 is 0.887 bits per heavy atom. The van der Waals surface area contributed by atoms with E-state index in [4.69, 9.17) is 37.0 Å². The van der Waals surface area contributed by atoms with Gasteiger partial charge in [-0.3, -0.25) is 37.3 Å². The lowest BCUT2D eigenvalue weighted by molar-refractivity contribution is -0.161. The predicted octanol–water partition coefficient (Wildman–Crippen LogP) is 16.2. The first kappa shape index (κ1) is 78.1. The van der Waals surface area contributed by atoms with Gasteiger partial charge < -0.3 is 33.8 Å². The van der Waals surface area contributed by atoms with Crippen LogP contribution < -0.4 is 0 Å². The van der Waals surface area contributed by atoms with Gasteiger partial charge in [-0.15, -0.1) is 0 Å². The Morgan fingerprint density at radius 1 is 0.350 bits per heavy atom. The Balaban J connectivity index is 5.25. The van der Waals surface area contributed by atoms with Gasteiger partial charge in [0.05, 0.1) is 26.4 Å². The SMILES string of the molecule is CCC(C)CCCCCCCCC(=O)OC[C@H](COP(=O)(O)OCC(O)COP(=O)(O)OC[C@@H](COC(=O)CCCCCCCCCC(C)C)OC(=O)CCCCCCCCC(C)C)OC(=O)CCCCCCCCCCC(C)C. The summed E-state index contributed by atoms with van der Waals surface area (Å²) in [7, 11) is -9.88. The zero-order valence-electron chi connectivity index (χ0n) is 51.7. The average Bonchev–Trinajstić information content (AvgIpc) is 3.40. The number of phosphoric acid groups is 2. The number of phosphoric ester groups is 2. The van der Waals surface area contributed by atoms with Crippen molar-refractivity contribution in [2.24, 2.45) is 23.7 Å². The molecule has 6 atom stereocenters. The maximum atomic E-state index is 12.9. The highest BCUT2D eigenvalue weighted by Crippen LogP contribution is 2.45. The number of hydrogen-bond acceptors (Lipinski definition) is 15. The molecular weight excluding hydrogens is 1070 g/mol. The van der Waals surface area contributed by atoms with Crippen LogP contribution in [0.5, 0.6) is 0 Å². The van der Waals surface area contributed by atoms with E-state index in [1.807, 2.05) is 0 Å². The van der Waals surface area contributed by atoms with Gasteiger partial charge in [-0.25, -0.2) is 9.13 Å². The topological polar surface area (TPSA) is 237 Å². The van der Waals surface area contributed by atoms with E-state index >= 15 is 0 Å². The number of aliphatic hydroxyl groups excluding tert-OH is 1. The highest BCUT2D eigenvalue weighted by atomic mass is 31.2. The van der Waals surface area contributed by atoms with E-state index in [1.165, 1.54) is 77.0 Å². The molecule has 4 unspecified atom stereocenters. The van der Waals surface area contributed by atoms with Crippen LogP contribution in [0.3, 0.4) is 0 Å². The minimum Gasteiger partial charge on any atom is -0.462 e. The maximum absolute atomic E-state index is 12.9. The van der Waals surface area contributed by atoms with Crippen LogP contribution in [0.15, 0.2) is 0 Å². The number of unbranched alkanes of at least 4 members (excludes halogenated alkanes) is 23. The number of hydrogen-bond donors (Lipinski definition) is 3. The molecule has 0 fully saturated rings. The Morgan fingerprint density at radius 2 is 0.600 bits per heavy atom. The molecule has 0 aromatic rings. The molecule has 19 heteroatoms. The predicted molar refractivity (Wildman–Crippen MR) is 317 cm³/mol. The first-order valence-electron chi connectivity index (χ1n) is 31.7. The molecule has 0 amide bonds. The summed E-state index contributed by atoms with van der Waals surface area (Å²) in [5.74, 6) is 0.674. The molecule has 0 aromatic carbocycles. The van der Waals surface area contributed by atoms with Crippen molar-refractivity contribution in [3.63, 3.8) is 0 Å². The molecule has 0 heterocycles. The molecule has 0 aliphatic heterocycles. The number of ether oxygens (including phenoxy) is 4. The van der Waals surface area contributed by atoms with Crippen LogP contribution in [-0.4, -0.2) is 96.7 Å². The van der Waals surface area contributed by atoms with Gasteiger partial charge in [-0.2, -0.15) is 0 Å². The van der Waals surface area contributed by atoms with Crippen molar-refractivity contribution in [3.05, 3.63) is 0 Å². The standard InChI is InChI=1S/C61H118O17P2/c1-9-54(8)40-32-24-18-20-26-34-42-59(64)72-48-56(77-60(65)43-35-27-15-11-10-13-21-29-37-51(2)3)49-75-79(67,68)73-45-55(62)46-74-80(69,70)76-50-57(78-61(66)44-36-28-19-17-23-31-39-53(6)7)47-71-58(63)41-33-25-16-12-14-22-30-38-52(4)5/h51-57,62H,9-50H2,1-8H3,(H,67,68)(H,69,70)/t54?,55?,56-,57-/m1/s1. The lowest BCUT2D eigenvalue weighted by atomic mass is 10.00. The van der Waals surface area contributed by atoms with E-state index in [9.17, 15) is 43.2 Å². The van der Waals surface area contributed by atoms with Crippen LogP contribution in [0.2, 0.25) is 0 Å². The van der Waals surface area contributed by atoms with Crippen molar-refractivity contribution in [2.75, 3.05) is 39.6 Å². The summed E-state index contributed by atoms with van der Waals surface area (Å²) in [5, 5.41) is 10.5. The molecule has 0 bridgehead atoms. The van der Waals surface area contributed by atoms with Gasteiger partial charge in [0.15, 0.2) is 12.2 Å². The quantitative estimate of drug-likeness (QED) is 0.0222. The summed E-state index contributed by atoms with van der Waals surface area (Å²) in [5.41, 5.74) is 0. The first-order valence-corrected chi connectivity index (χ1v) is 34.7. The van der Waals surface area contributed by atoms with Gasteiger partial charge in [0.25, 0.3) is 0 Å². The van der Waals surface area contributed by atoms with Gasteiger partial charge in [-0.05, 0) is 49.4 Å². The molecule has 0 aliphatic carbocycles. The van der Waals surface area contributed by atoms with E-state index < -0.39 is 97.5 Å². The fraction of sp³-hybridized carbons (Fsp3) is 0.934. The number of esters is 4. The fourth-order valence-electron chi connectivity index (χ4n) is 8.87. The lowest BCUT2D eigenvalue weighted by Crippen LogP contribution is -2.30. The molecule has 0 aromatic heterocycles. The van der Waals surface area contributed by atoms with Gasteiger partial charge in [0.2, 0.25) is 0 Å². The second-order valence-electron chi connectivity index (χ2n) is 23.8. The Bertz CT molecular complexity index is 1610. The monoisotopic (exact) mass is 1180 g/mol. The number of aliphatic hydroxyl groups is 1. The number of carbonyl (C=O) groups excluding carboxylic acids is 4. The normalized spacial score (nSPS) is 14.9. The van der Waals surface area contributed by atoms with Crippen LogP contribution in [0.1, 0.15) is 287 Å². The Kier molecular flexibility index (Phi) is 50.2. The Labute approximate surface area is 486 Å². The second kappa shape index (κ2) is 51.5. The molecule has 0 spiro atoms. The van der Waals surface area contributed by atoms with Crippen molar-refractivity contribution >= 4 is 39.5 Å². The van der Waals surface area contributed by atoms with Gasteiger partial charge in [0, 0.05) is 25.7 Å². The molecule has 0 saturated carbocycles. The largest absolute Gasteiger partial charge is 0.472 e. The zero-order chi connectivity index (χ0) is 59.7. The van der Waals surface area contributed by atoms with Crippen molar-refractivity contribution in [1.82, 2.24) is 0 Å². The van der Waals surface area contributed by atoms with Crippen LogP contribution >= 0.6 is 15.6 Å². The molecule has 0 rings (SSSR count). The van der Waals surface area contributed by atoms with Crippen LogP contribution in [0, 0.1) is 23.7 Å². The minimum absolute atomic E-state index is 0.100. The zero-order valence-corrected chi connectivity index (χ0v) is 53.5. The third-order valence-electron chi connectivity index (χ3n) is 14.2. The van der Waals surface area contributed by atoms with E-state index in [0.29, 0.717) is 37.5 Å². The average molecular weight is 1190 g/mol. The highest BCUT2D eigenvalue weighted by Gasteiger charge is 2.30. The molecule has 0 radical (unpaired) electrons. The molecule has 0 aliphatic rings. The lowest BCUT2D eigenvalue weighted by Gasteiger charge is -2.21. The van der Waals surface area contributed by atoms with E-state index in [0.717, 1.165) is 115 Å². The third-order valence-corrected chi connectivity index (χ3v) is 16.1. The van der Waals surface area contributed by atoms with Crippen molar-refractivity contribution in [1.29, 1.82) is 0 Å². The van der Waals surface area contributed by atoms with Crippen LogP contribution in [-0.2, 0) is 65.4 Å². The fourth-order valence-corrected chi connectivity index (χ4v) is 10.4. The molecular formula is C61H118O17P2.